The number of likely N-dealkylation sites (N-methyl/N-ethyl adjacent to an activating group) is 1. The van der Waals surface area contributed by atoms with E-state index in [1.807, 2.05) is 0 Å². The smallest absolute Gasteiger partial charge is 0.0475 e. The molecule has 1 aliphatic rings. The van der Waals surface area contributed by atoms with Gasteiger partial charge in [0.2, 0.25) is 0 Å². The van der Waals surface area contributed by atoms with Crippen molar-refractivity contribution in [1.29, 1.82) is 0 Å². The Hall–Kier alpha value is -1.64. The van der Waals surface area contributed by atoms with Crippen molar-refractivity contribution in [3.63, 3.8) is 0 Å². The van der Waals surface area contributed by atoms with Gasteiger partial charge in [0.25, 0.3) is 0 Å². The Morgan fingerprint density at radius 3 is 2.14 bits per heavy atom. The van der Waals surface area contributed by atoms with Gasteiger partial charge in [-0.15, -0.1) is 0 Å². The van der Waals surface area contributed by atoms with E-state index in [0.29, 0.717) is 6.04 Å². The highest BCUT2D eigenvalue weighted by molar-refractivity contribution is 5.30. The molecule has 0 radical (unpaired) electrons. The van der Waals surface area contributed by atoms with Crippen LogP contribution in [-0.4, -0.2) is 26.3 Å². The predicted molar refractivity (Wildman–Crippen MR) is 91.2 cm³/mol. The minimum absolute atomic E-state index is 0.157. The summed E-state index contributed by atoms with van der Waals surface area (Å²) in [6.07, 6.45) is 3.21. The summed E-state index contributed by atoms with van der Waals surface area (Å²) in [5.74, 6) is 0. The van der Waals surface area contributed by atoms with Crippen LogP contribution in [0.4, 0.5) is 0 Å². The zero-order valence-corrected chi connectivity index (χ0v) is 13.3. The van der Waals surface area contributed by atoms with Crippen LogP contribution in [0.3, 0.4) is 0 Å². The Bertz CT molecular complexity index is 561. The highest BCUT2D eigenvalue weighted by Gasteiger charge is 2.40. The zero-order chi connectivity index (χ0) is 15.3. The molecule has 22 heavy (non-hydrogen) atoms. The largest absolute Gasteiger partial charge is 0.381 e. The van der Waals surface area contributed by atoms with E-state index in [0.717, 1.165) is 32.5 Å². The Labute approximate surface area is 133 Å². The summed E-state index contributed by atoms with van der Waals surface area (Å²) in [6.45, 7) is 1.70. The van der Waals surface area contributed by atoms with Gasteiger partial charge in [-0.2, -0.15) is 0 Å². The lowest BCUT2D eigenvalue weighted by Gasteiger charge is -2.44. The lowest BCUT2D eigenvalue weighted by atomic mass is 9.67. The van der Waals surface area contributed by atoms with Gasteiger partial charge in [0, 0.05) is 24.7 Å². The molecule has 1 fully saturated rings. The van der Waals surface area contributed by atoms with E-state index in [2.05, 4.69) is 73.0 Å². The minimum Gasteiger partial charge on any atom is -0.381 e. The Balaban J connectivity index is 1.93. The third-order valence-corrected chi connectivity index (χ3v) is 5.03. The first-order valence-corrected chi connectivity index (χ1v) is 8.19. The summed E-state index contributed by atoms with van der Waals surface area (Å²) in [7, 11) is 2.09. The SMILES string of the molecule is CNC(Cc1ccccc1)C1(c2ccccc2)CCOCC1. The van der Waals surface area contributed by atoms with Crippen molar-refractivity contribution >= 4 is 0 Å². The fraction of sp³-hybridized carbons (Fsp3) is 0.400. The Morgan fingerprint density at radius 2 is 1.55 bits per heavy atom. The normalized spacial score (nSPS) is 18.8. The predicted octanol–water partition coefficient (Wildman–Crippen LogP) is 3.57. The van der Waals surface area contributed by atoms with E-state index in [4.69, 9.17) is 4.74 Å². The van der Waals surface area contributed by atoms with Crippen molar-refractivity contribution in [2.75, 3.05) is 20.3 Å². The van der Waals surface area contributed by atoms with Gasteiger partial charge in [-0.1, -0.05) is 60.7 Å². The van der Waals surface area contributed by atoms with Crippen LogP contribution >= 0.6 is 0 Å². The number of rotatable bonds is 5. The molecule has 1 saturated heterocycles. The van der Waals surface area contributed by atoms with E-state index in [9.17, 15) is 0 Å². The summed E-state index contributed by atoms with van der Waals surface area (Å²) in [5, 5.41) is 3.60. The van der Waals surface area contributed by atoms with Gasteiger partial charge in [-0.25, -0.2) is 0 Å². The zero-order valence-electron chi connectivity index (χ0n) is 13.3. The fourth-order valence-electron chi connectivity index (χ4n) is 3.77. The van der Waals surface area contributed by atoms with Gasteiger partial charge < -0.3 is 10.1 Å². The molecule has 0 aliphatic carbocycles. The molecule has 1 atom stereocenters. The van der Waals surface area contributed by atoms with Crippen molar-refractivity contribution in [2.24, 2.45) is 0 Å². The molecule has 2 aromatic rings. The topological polar surface area (TPSA) is 21.3 Å². The Kier molecular flexibility index (Phi) is 4.91. The quantitative estimate of drug-likeness (QED) is 0.910. The van der Waals surface area contributed by atoms with E-state index < -0.39 is 0 Å². The van der Waals surface area contributed by atoms with Crippen LogP contribution in [0, 0.1) is 0 Å². The van der Waals surface area contributed by atoms with Crippen LogP contribution in [0.2, 0.25) is 0 Å². The number of ether oxygens (including phenoxy) is 1. The molecule has 0 amide bonds. The summed E-state index contributed by atoms with van der Waals surface area (Å²) < 4.78 is 5.66. The van der Waals surface area contributed by atoms with Crippen LogP contribution in [0.25, 0.3) is 0 Å². The fourth-order valence-corrected chi connectivity index (χ4v) is 3.77. The molecule has 0 saturated carbocycles. The molecule has 0 bridgehead atoms. The Morgan fingerprint density at radius 1 is 0.955 bits per heavy atom. The summed E-state index contributed by atoms with van der Waals surface area (Å²) in [5.41, 5.74) is 2.99. The molecule has 1 unspecified atom stereocenters. The lowest BCUT2D eigenvalue weighted by Crippen LogP contribution is -2.51. The third-order valence-electron chi connectivity index (χ3n) is 5.03. The molecule has 2 aromatic carbocycles. The van der Waals surface area contributed by atoms with Crippen LogP contribution < -0.4 is 5.32 Å². The van der Waals surface area contributed by atoms with Crippen molar-refractivity contribution in [3.8, 4) is 0 Å². The second-order valence-corrected chi connectivity index (χ2v) is 6.17. The molecular weight excluding hydrogens is 270 g/mol. The molecule has 2 nitrogen and oxygen atoms in total. The maximum atomic E-state index is 5.66. The highest BCUT2D eigenvalue weighted by Crippen LogP contribution is 2.39. The lowest BCUT2D eigenvalue weighted by molar-refractivity contribution is 0.0355. The first-order valence-electron chi connectivity index (χ1n) is 8.19. The third kappa shape index (κ3) is 3.08. The average molecular weight is 295 g/mol. The van der Waals surface area contributed by atoms with Gasteiger partial charge >= 0.3 is 0 Å². The molecule has 2 heteroatoms. The van der Waals surface area contributed by atoms with Gasteiger partial charge in [-0.05, 0) is 37.4 Å². The monoisotopic (exact) mass is 295 g/mol. The van der Waals surface area contributed by atoms with Gasteiger partial charge in [0.1, 0.15) is 0 Å². The number of hydrogen-bond acceptors (Lipinski definition) is 2. The molecule has 0 spiro atoms. The van der Waals surface area contributed by atoms with E-state index >= 15 is 0 Å². The average Bonchev–Trinajstić information content (AvgIpc) is 2.62. The summed E-state index contributed by atoms with van der Waals surface area (Å²) >= 11 is 0. The molecule has 1 heterocycles. The van der Waals surface area contributed by atoms with Gasteiger partial charge in [-0.3, -0.25) is 0 Å². The van der Waals surface area contributed by atoms with Crippen LogP contribution in [0.15, 0.2) is 60.7 Å². The number of nitrogens with one attached hydrogen (secondary N) is 1. The first-order chi connectivity index (χ1) is 10.8. The van der Waals surface area contributed by atoms with Gasteiger partial charge in [0.05, 0.1) is 0 Å². The number of benzene rings is 2. The van der Waals surface area contributed by atoms with E-state index in [1.54, 1.807) is 0 Å². The van der Waals surface area contributed by atoms with Crippen molar-refractivity contribution in [3.05, 3.63) is 71.8 Å². The maximum Gasteiger partial charge on any atom is 0.0475 e. The number of hydrogen-bond donors (Lipinski definition) is 1. The van der Waals surface area contributed by atoms with Crippen molar-refractivity contribution in [2.45, 2.75) is 30.7 Å². The molecule has 1 N–H and O–H groups in total. The standard InChI is InChI=1S/C20H25NO/c1-21-19(16-17-8-4-2-5-9-17)20(12-14-22-15-13-20)18-10-6-3-7-11-18/h2-11,19,21H,12-16H2,1H3. The maximum absolute atomic E-state index is 5.66. The summed E-state index contributed by atoms with van der Waals surface area (Å²) in [4.78, 5) is 0. The molecule has 0 aromatic heterocycles. The summed E-state index contributed by atoms with van der Waals surface area (Å²) in [6, 6.07) is 22.2. The first kappa shape index (κ1) is 15.3. The van der Waals surface area contributed by atoms with Crippen LogP contribution in [-0.2, 0) is 16.6 Å². The molecule has 116 valence electrons. The van der Waals surface area contributed by atoms with Crippen molar-refractivity contribution in [1.82, 2.24) is 5.32 Å². The second-order valence-electron chi connectivity index (χ2n) is 6.17. The molecule has 1 aliphatic heterocycles. The van der Waals surface area contributed by atoms with Crippen LogP contribution in [0.5, 0.6) is 0 Å². The molecule has 3 rings (SSSR count). The van der Waals surface area contributed by atoms with E-state index in [1.165, 1.54) is 11.1 Å². The highest BCUT2D eigenvalue weighted by atomic mass is 16.5. The van der Waals surface area contributed by atoms with Gasteiger partial charge in [0.15, 0.2) is 0 Å². The minimum atomic E-state index is 0.157. The molecular formula is C20H25NO. The van der Waals surface area contributed by atoms with Crippen LogP contribution in [0.1, 0.15) is 24.0 Å². The van der Waals surface area contributed by atoms with Crippen molar-refractivity contribution < 1.29 is 4.74 Å². The second kappa shape index (κ2) is 7.08. The van der Waals surface area contributed by atoms with E-state index in [-0.39, 0.29) is 5.41 Å².